The van der Waals surface area contributed by atoms with Crippen LogP contribution in [0.2, 0.25) is 5.02 Å². The second-order valence-electron chi connectivity index (χ2n) is 4.33. The third-order valence-corrected chi connectivity index (χ3v) is 4.04. The van der Waals surface area contributed by atoms with E-state index in [2.05, 4.69) is 11.1 Å². The van der Waals surface area contributed by atoms with Gasteiger partial charge in [-0.15, -0.1) is 0 Å². The largest absolute Gasteiger partial charge is 0.397 e. The number of halogens is 1. The molecule has 0 saturated carbocycles. The summed E-state index contributed by atoms with van der Waals surface area (Å²) in [5.41, 5.74) is 10.8. The molecule has 0 saturated heterocycles. The molecule has 18 heavy (non-hydrogen) atoms. The van der Waals surface area contributed by atoms with Crippen LogP contribution in [0.3, 0.4) is 0 Å². The van der Waals surface area contributed by atoms with Gasteiger partial charge in [-0.05, 0) is 36.1 Å². The highest BCUT2D eigenvalue weighted by Crippen LogP contribution is 2.31. The third kappa shape index (κ3) is 1.71. The van der Waals surface area contributed by atoms with Crippen LogP contribution >= 0.6 is 23.8 Å². The summed E-state index contributed by atoms with van der Waals surface area (Å²) in [6.07, 6.45) is 3.51. The Kier molecular flexibility index (Phi) is 2.80. The maximum atomic E-state index is 6.07. The lowest BCUT2D eigenvalue weighted by Gasteiger charge is -2.10. The Hall–Kier alpha value is -1.45. The molecule has 90 valence electrons. The van der Waals surface area contributed by atoms with Gasteiger partial charge >= 0.3 is 0 Å². The zero-order chi connectivity index (χ0) is 12.7. The average molecular weight is 275 g/mol. The van der Waals surface area contributed by atoms with E-state index in [0.29, 0.717) is 10.7 Å². The number of benzene rings is 1. The minimum absolute atomic E-state index is 0.593. The molecule has 0 radical (unpaired) electrons. The highest BCUT2D eigenvalue weighted by molar-refractivity contribution is 7.81. The van der Waals surface area contributed by atoms with E-state index in [4.69, 9.17) is 29.6 Å². The summed E-state index contributed by atoms with van der Waals surface area (Å²) in [6.45, 7) is 0. The first-order valence-electron chi connectivity index (χ1n) is 5.74. The van der Waals surface area contributed by atoms with Crippen LogP contribution in [0.25, 0.3) is 0 Å². The van der Waals surface area contributed by atoms with Crippen molar-refractivity contribution in [1.29, 1.82) is 0 Å². The van der Waals surface area contributed by atoms with Gasteiger partial charge in [-0.3, -0.25) is 4.98 Å². The minimum atomic E-state index is 0.593. The standard InChI is InChI=1S/C14H11ClN2S/c15-11-6-5-10-9(12(11)16)4-3-8-2-1-7-17-13(8)14(10)18/h1-2,5-7H,3-4,16H2. The lowest BCUT2D eigenvalue weighted by molar-refractivity contribution is 0.958. The van der Waals surface area contributed by atoms with E-state index in [1.807, 2.05) is 12.1 Å². The van der Waals surface area contributed by atoms with Crippen LogP contribution in [0.15, 0.2) is 30.5 Å². The summed E-state index contributed by atoms with van der Waals surface area (Å²) < 4.78 is 0. The Morgan fingerprint density at radius 3 is 2.89 bits per heavy atom. The van der Waals surface area contributed by atoms with Gasteiger partial charge in [0.1, 0.15) is 0 Å². The number of fused-ring (bicyclic) bond motifs is 2. The fourth-order valence-corrected chi connectivity index (χ4v) is 2.90. The first-order valence-corrected chi connectivity index (χ1v) is 6.52. The van der Waals surface area contributed by atoms with Gasteiger partial charge in [0.25, 0.3) is 0 Å². The van der Waals surface area contributed by atoms with E-state index in [0.717, 1.165) is 34.5 Å². The molecular weight excluding hydrogens is 264 g/mol. The summed E-state index contributed by atoms with van der Waals surface area (Å²) >= 11 is 11.6. The number of nitrogens with zero attached hydrogens (tertiary/aromatic N) is 1. The smallest absolute Gasteiger partial charge is 0.0848 e. The van der Waals surface area contributed by atoms with Gasteiger partial charge in [0, 0.05) is 11.8 Å². The maximum absolute atomic E-state index is 6.07. The Morgan fingerprint density at radius 1 is 1.22 bits per heavy atom. The molecule has 2 aromatic rings. The SMILES string of the molecule is Nc1c(Cl)ccc2c1CCc1cccnc1C2=S. The molecule has 1 aliphatic rings. The number of nitrogens with two attached hydrogens (primary N) is 1. The number of aromatic nitrogens is 1. The van der Waals surface area contributed by atoms with E-state index in [9.17, 15) is 0 Å². The highest BCUT2D eigenvalue weighted by atomic mass is 35.5. The van der Waals surface area contributed by atoms with Gasteiger partial charge < -0.3 is 5.73 Å². The molecule has 0 aliphatic heterocycles. The fourth-order valence-electron chi connectivity index (χ4n) is 2.35. The van der Waals surface area contributed by atoms with Crippen molar-refractivity contribution in [3.8, 4) is 0 Å². The van der Waals surface area contributed by atoms with E-state index >= 15 is 0 Å². The number of pyridine rings is 1. The molecular formula is C14H11ClN2S. The maximum Gasteiger partial charge on any atom is 0.0848 e. The van der Waals surface area contributed by atoms with E-state index in [1.54, 1.807) is 12.3 Å². The lowest BCUT2D eigenvalue weighted by atomic mass is 10.0. The summed E-state index contributed by atoms with van der Waals surface area (Å²) in [5.74, 6) is 0. The summed E-state index contributed by atoms with van der Waals surface area (Å²) in [5, 5.41) is 0.593. The Bertz CT molecular complexity index is 652. The quantitative estimate of drug-likeness (QED) is 0.592. The predicted octanol–water partition coefficient (Wildman–Crippen LogP) is 3.18. The Balaban J connectivity index is 2.24. The molecule has 1 heterocycles. The Morgan fingerprint density at radius 2 is 2.06 bits per heavy atom. The molecule has 0 spiro atoms. The lowest BCUT2D eigenvalue weighted by Crippen LogP contribution is -2.06. The number of thiocarbonyl (C=S) groups is 1. The summed E-state index contributed by atoms with van der Waals surface area (Å²) in [7, 11) is 0. The van der Waals surface area contributed by atoms with Gasteiger partial charge in [-0.1, -0.05) is 36.0 Å². The summed E-state index contributed by atoms with van der Waals surface area (Å²) in [4.78, 5) is 5.16. The van der Waals surface area contributed by atoms with Gasteiger partial charge in [0.2, 0.25) is 0 Å². The number of aryl methyl sites for hydroxylation is 1. The van der Waals surface area contributed by atoms with Gasteiger partial charge in [-0.2, -0.15) is 0 Å². The second kappa shape index (κ2) is 4.34. The molecule has 1 aliphatic carbocycles. The van der Waals surface area contributed by atoms with Crippen LogP contribution in [0, 0.1) is 0 Å². The number of nitrogen functional groups attached to an aromatic ring is 1. The van der Waals surface area contributed by atoms with Crippen molar-refractivity contribution in [2.45, 2.75) is 12.8 Å². The fraction of sp³-hybridized carbons (Fsp3) is 0.143. The molecule has 2 N–H and O–H groups in total. The monoisotopic (exact) mass is 274 g/mol. The second-order valence-corrected chi connectivity index (χ2v) is 5.14. The first kappa shape index (κ1) is 11.6. The first-order chi connectivity index (χ1) is 8.68. The molecule has 0 fully saturated rings. The van der Waals surface area contributed by atoms with Crippen molar-refractivity contribution in [2.24, 2.45) is 0 Å². The van der Waals surface area contributed by atoms with Crippen LogP contribution in [-0.4, -0.2) is 9.85 Å². The normalized spacial score (nSPS) is 13.7. The number of anilines is 1. The van der Waals surface area contributed by atoms with Crippen molar-refractivity contribution in [1.82, 2.24) is 4.98 Å². The number of rotatable bonds is 0. The topological polar surface area (TPSA) is 38.9 Å². The predicted molar refractivity (Wildman–Crippen MR) is 78.3 cm³/mol. The van der Waals surface area contributed by atoms with Crippen LogP contribution in [-0.2, 0) is 12.8 Å². The minimum Gasteiger partial charge on any atom is -0.397 e. The molecule has 0 bridgehead atoms. The van der Waals surface area contributed by atoms with Crippen molar-refractivity contribution >= 4 is 34.4 Å². The zero-order valence-electron chi connectivity index (χ0n) is 9.61. The molecule has 0 unspecified atom stereocenters. The zero-order valence-corrected chi connectivity index (χ0v) is 11.2. The molecule has 1 aromatic heterocycles. The Labute approximate surface area is 116 Å². The highest BCUT2D eigenvalue weighted by Gasteiger charge is 2.21. The van der Waals surface area contributed by atoms with Gasteiger partial charge in [0.05, 0.1) is 21.3 Å². The van der Waals surface area contributed by atoms with Crippen LogP contribution in [0.4, 0.5) is 5.69 Å². The molecule has 2 nitrogen and oxygen atoms in total. The van der Waals surface area contributed by atoms with Crippen molar-refractivity contribution < 1.29 is 0 Å². The van der Waals surface area contributed by atoms with Crippen LogP contribution in [0.1, 0.15) is 22.4 Å². The third-order valence-electron chi connectivity index (χ3n) is 3.30. The van der Waals surface area contributed by atoms with E-state index in [1.165, 1.54) is 5.56 Å². The van der Waals surface area contributed by atoms with Crippen molar-refractivity contribution in [2.75, 3.05) is 5.73 Å². The van der Waals surface area contributed by atoms with Crippen molar-refractivity contribution in [3.05, 3.63) is 57.9 Å². The molecule has 4 heteroatoms. The summed E-state index contributed by atoms with van der Waals surface area (Å²) in [6, 6.07) is 7.75. The van der Waals surface area contributed by atoms with Gasteiger partial charge in [-0.25, -0.2) is 0 Å². The van der Waals surface area contributed by atoms with Gasteiger partial charge in [0.15, 0.2) is 0 Å². The number of hydrogen-bond acceptors (Lipinski definition) is 3. The van der Waals surface area contributed by atoms with Crippen molar-refractivity contribution in [3.63, 3.8) is 0 Å². The van der Waals surface area contributed by atoms with E-state index < -0.39 is 0 Å². The van der Waals surface area contributed by atoms with E-state index in [-0.39, 0.29) is 0 Å². The number of hydrogen-bond donors (Lipinski definition) is 1. The van der Waals surface area contributed by atoms with Crippen LogP contribution < -0.4 is 5.73 Å². The van der Waals surface area contributed by atoms with Crippen LogP contribution in [0.5, 0.6) is 0 Å². The average Bonchev–Trinajstić information content (AvgIpc) is 2.53. The molecule has 1 aromatic carbocycles. The molecule has 0 atom stereocenters. The molecule has 3 rings (SSSR count). The molecule has 0 amide bonds.